The van der Waals surface area contributed by atoms with Gasteiger partial charge >= 0.3 is 0 Å². The van der Waals surface area contributed by atoms with E-state index in [4.69, 9.17) is 5.11 Å². The Kier molecular flexibility index (Phi) is 5.11. The predicted octanol–water partition coefficient (Wildman–Crippen LogP) is -1.29. The van der Waals surface area contributed by atoms with Crippen molar-refractivity contribution in [2.75, 3.05) is 39.8 Å². The Morgan fingerprint density at radius 1 is 1.35 bits per heavy atom. The number of aliphatic hydroxyl groups excluding tert-OH is 1. The molecule has 0 spiro atoms. The zero-order chi connectivity index (χ0) is 14.6. The fraction of sp³-hybridized carbons (Fsp3) is 0.727. The maximum Gasteiger partial charge on any atom is 0.256 e. The van der Waals surface area contributed by atoms with E-state index in [1.165, 1.54) is 17.1 Å². The molecule has 9 heteroatoms. The third kappa shape index (κ3) is 4.00. The van der Waals surface area contributed by atoms with Crippen LogP contribution in [0.3, 0.4) is 0 Å². The lowest BCUT2D eigenvalue weighted by Crippen LogP contribution is -2.52. The van der Waals surface area contributed by atoms with Gasteiger partial charge in [0.2, 0.25) is 0 Å². The second kappa shape index (κ2) is 6.64. The van der Waals surface area contributed by atoms with Crippen molar-refractivity contribution in [2.45, 2.75) is 17.9 Å². The Balaban J connectivity index is 1.97. The Hall–Kier alpha value is -1.00. The summed E-state index contributed by atoms with van der Waals surface area (Å²) in [6.45, 7) is 3.54. The molecular formula is C11H21N5O3S. The third-order valence-electron chi connectivity index (χ3n) is 3.22. The number of sulfonamides is 1. The molecule has 2 N–H and O–H groups in total. The first-order valence-corrected chi connectivity index (χ1v) is 8.09. The lowest BCUT2D eigenvalue weighted by atomic mass is 10.4. The molecule has 8 nitrogen and oxygen atoms in total. The number of piperazine rings is 1. The van der Waals surface area contributed by atoms with E-state index in [0.717, 1.165) is 13.1 Å². The number of aromatic nitrogens is 2. The minimum atomic E-state index is -3.57. The largest absolute Gasteiger partial charge is 0.396 e. The zero-order valence-corrected chi connectivity index (χ0v) is 12.4. The summed E-state index contributed by atoms with van der Waals surface area (Å²) < 4.78 is 25.9. The molecule has 1 aromatic heterocycles. The molecule has 0 saturated carbocycles. The van der Waals surface area contributed by atoms with Crippen LogP contribution < -0.4 is 4.83 Å². The normalized spacial score (nSPS) is 18.5. The van der Waals surface area contributed by atoms with Crippen molar-refractivity contribution in [1.82, 2.24) is 24.5 Å². The Labute approximate surface area is 119 Å². The van der Waals surface area contributed by atoms with Gasteiger partial charge in [0, 0.05) is 45.5 Å². The number of aliphatic hydroxyl groups is 1. The molecule has 114 valence electrons. The van der Waals surface area contributed by atoms with Crippen LogP contribution in [0.5, 0.6) is 0 Å². The van der Waals surface area contributed by atoms with Crippen LogP contribution in [0.2, 0.25) is 0 Å². The molecule has 1 saturated heterocycles. The van der Waals surface area contributed by atoms with Gasteiger partial charge < -0.3 is 10.0 Å². The molecule has 2 rings (SSSR count). The fourth-order valence-corrected chi connectivity index (χ4v) is 3.03. The molecule has 1 aromatic rings. The smallest absolute Gasteiger partial charge is 0.256 e. The highest BCUT2D eigenvalue weighted by Gasteiger charge is 2.22. The minimum Gasteiger partial charge on any atom is -0.396 e. The van der Waals surface area contributed by atoms with Crippen molar-refractivity contribution in [2.24, 2.45) is 0 Å². The summed E-state index contributed by atoms with van der Waals surface area (Å²) in [6, 6.07) is 0. The van der Waals surface area contributed by atoms with E-state index in [9.17, 15) is 8.42 Å². The molecule has 0 unspecified atom stereocenters. The van der Waals surface area contributed by atoms with Gasteiger partial charge in [-0.2, -0.15) is 5.10 Å². The summed E-state index contributed by atoms with van der Waals surface area (Å²) in [7, 11) is -1.56. The molecule has 2 heterocycles. The molecule has 1 aliphatic rings. The standard InChI is InChI=1S/C11H21N5O3S/c1-14-4-6-15(7-5-14)13-20(18,19)11-9-12-16(10-11)3-2-8-17/h9-10,13,17H,2-8H2,1H3. The number of hydrazine groups is 1. The van der Waals surface area contributed by atoms with Crippen molar-refractivity contribution in [3.63, 3.8) is 0 Å². The highest BCUT2D eigenvalue weighted by molar-refractivity contribution is 7.89. The van der Waals surface area contributed by atoms with Gasteiger partial charge in [-0.15, -0.1) is 4.83 Å². The van der Waals surface area contributed by atoms with Crippen LogP contribution in [0.4, 0.5) is 0 Å². The first-order chi connectivity index (χ1) is 9.51. The molecule has 1 fully saturated rings. The SMILES string of the molecule is CN1CCN(NS(=O)(=O)c2cnn(CCCO)c2)CC1. The second-order valence-electron chi connectivity index (χ2n) is 4.90. The minimum absolute atomic E-state index is 0.0570. The van der Waals surface area contributed by atoms with Crippen molar-refractivity contribution in [3.8, 4) is 0 Å². The average Bonchev–Trinajstić information content (AvgIpc) is 2.88. The van der Waals surface area contributed by atoms with Crippen LogP contribution in [0.15, 0.2) is 17.3 Å². The summed E-state index contributed by atoms with van der Waals surface area (Å²) >= 11 is 0. The summed E-state index contributed by atoms with van der Waals surface area (Å²) in [6.07, 6.45) is 3.36. The van der Waals surface area contributed by atoms with Gasteiger partial charge in [-0.3, -0.25) is 4.68 Å². The maximum atomic E-state index is 12.2. The van der Waals surface area contributed by atoms with E-state index in [1.54, 1.807) is 5.01 Å². The van der Waals surface area contributed by atoms with E-state index in [1.807, 2.05) is 7.05 Å². The highest BCUT2D eigenvalue weighted by atomic mass is 32.2. The van der Waals surface area contributed by atoms with Crippen molar-refractivity contribution in [3.05, 3.63) is 12.4 Å². The van der Waals surface area contributed by atoms with Gasteiger partial charge in [0.05, 0.1) is 6.20 Å². The van der Waals surface area contributed by atoms with Crippen molar-refractivity contribution < 1.29 is 13.5 Å². The van der Waals surface area contributed by atoms with Gasteiger partial charge in [-0.1, -0.05) is 0 Å². The molecule has 0 aliphatic carbocycles. The number of rotatable bonds is 6. The molecule has 0 radical (unpaired) electrons. The predicted molar refractivity (Wildman–Crippen MR) is 73.3 cm³/mol. The molecule has 0 amide bonds. The Morgan fingerprint density at radius 3 is 2.70 bits per heavy atom. The van der Waals surface area contributed by atoms with Gasteiger partial charge in [0.1, 0.15) is 4.90 Å². The number of nitrogens with zero attached hydrogens (tertiary/aromatic N) is 4. The lowest BCUT2D eigenvalue weighted by Gasteiger charge is -2.31. The van der Waals surface area contributed by atoms with Gasteiger partial charge in [0.25, 0.3) is 10.0 Å². The fourth-order valence-electron chi connectivity index (χ4n) is 1.96. The molecule has 1 aliphatic heterocycles. The highest BCUT2D eigenvalue weighted by Crippen LogP contribution is 2.09. The van der Waals surface area contributed by atoms with E-state index in [-0.39, 0.29) is 11.5 Å². The molecule has 0 atom stereocenters. The molecular weight excluding hydrogens is 282 g/mol. The first kappa shape index (κ1) is 15.4. The Bertz CT molecular complexity index is 522. The van der Waals surface area contributed by atoms with E-state index < -0.39 is 10.0 Å². The quantitative estimate of drug-likeness (QED) is 0.679. The van der Waals surface area contributed by atoms with Crippen molar-refractivity contribution in [1.29, 1.82) is 0 Å². The lowest BCUT2D eigenvalue weighted by molar-refractivity contribution is 0.135. The number of aryl methyl sites for hydroxylation is 1. The maximum absolute atomic E-state index is 12.2. The summed E-state index contributed by atoms with van der Waals surface area (Å²) in [5.41, 5.74) is 0. The number of hydrogen-bond donors (Lipinski definition) is 2. The van der Waals surface area contributed by atoms with Crippen LogP contribution in [0.25, 0.3) is 0 Å². The summed E-state index contributed by atoms with van der Waals surface area (Å²) in [5, 5.41) is 14.4. The first-order valence-electron chi connectivity index (χ1n) is 6.60. The van der Waals surface area contributed by atoms with E-state index in [0.29, 0.717) is 26.1 Å². The van der Waals surface area contributed by atoms with E-state index in [2.05, 4.69) is 14.8 Å². The Morgan fingerprint density at radius 2 is 2.05 bits per heavy atom. The molecule has 0 bridgehead atoms. The monoisotopic (exact) mass is 303 g/mol. The number of hydrogen-bond acceptors (Lipinski definition) is 6. The second-order valence-corrected chi connectivity index (χ2v) is 6.56. The molecule has 0 aromatic carbocycles. The van der Waals surface area contributed by atoms with Gasteiger partial charge in [-0.05, 0) is 13.5 Å². The van der Waals surface area contributed by atoms with E-state index >= 15 is 0 Å². The topological polar surface area (TPSA) is 90.7 Å². The van der Waals surface area contributed by atoms with Gasteiger partial charge in [0.15, 0.2) is 0 Å². The van der Waals surface area contributed by atoms with Gasteiger partial charge in [-0.25, -0.2) is 13.4 Å². The van der Waals surface area contributed by atoms with Crippen LogP contribution in [0, 0.1) is 0 Å². The summed E-state index contributed by atoms with van der Waals surface area (Å²) in [4.78, 5) is 4.88. The number of nitrogens with one attached hydrogen (secondary N) is 1. The van der Waals surface area contributed by atoms with Crippen LogP contribution >= 0.6 is 0 Å². The van der Waals surface area contributed by atoms with Crippen LogP contribution in [0.1, 0.15) is 6.42 Å². The molecule has 20 heavy (non-hydrogen) atoms. The zero-order valence-electron chi connectivity index (χ0n) is 11.6. The average molecular weight is 303 g/mol. The van der Waals surface area contributed by atoms with Crippen LogP contribution in [-0.4, -0.2) is 73.0 Å². The summed E-state index contributed by atoms with van der Waals surface area (Å²) in [5.74, 6) is 0. The van der Waals surface area contributed by atoms with Crippen molar-refractivity contribution >= 4 is 10.0 Å². The number of likely N-dealkylation sites (N-methyl/N-ethyl adjacent to an activating group) is 1. The third-order valence-corrected chi connectivity index (χ3v) is 4.55. The van der Waals surface area contributed by atoms with Crippen LogP contribution in [-0.2, 0) is 16.6 Å².